The summed E-state index contributed by atoms with van der Waals surface area (Å²) in [6, 6.07) is 8.39. The number of sulfone groups is 2. The summed E-state index contributed by atoms with van der Waals surface area (Å²) in [6.07, 6.45) is 0.404. The average Bonchev–Trinajstić information content (AvgIpc) is 2.61. The lowest BCUT2D eigenvalue weighted by Crippen LogP contribution is -2.57. The van der Waals surface area contributed by atoms with Gasteiger partial charge in [0.25, 0.3) is 0 Å². The number of nitrogens with zero attached hydrogens (tertiary/aromatic N) is 2. The highest BCUT2D eigenvalue weighted by Gasteiger charge is 2.40. The van der Waals surface area contributed by atoms with Gasteiger partial charge in [-0.2, -0.15) is 0 Å². The molecule has 2 rings (SSSR count). The van der Waals surface area contributed by atoms with Crippen LogP contribution < -0.4 is 5.32 Å². The van der Waals surface area contributed by atoms with E-state index in [1.807, 2.05) is 11.8 Å². The Kier molecular flexibility index (Phi) is 6.91. The Labute approximate surface area is 162 Å². The van der Waals surface area contributed by atoms with E-state index in [4.69, 9.17) is 0 Å². The summed E-state index contributed by atoms with van der Waals surface area (Å²) in [5.74, 6) is 0.754. The third kappa shape index (κ3) is 5.44. The van der Waals surface area contributed by atoms with Crippen molar-refractivity contribution in [3.63, 3.8) is 0 Å². The Balaban J connectivity index is 2.00. The first-order chi connectivity index (χ1) is 12.6. The zero-order chi connectivity index (χ0) is 20.1. The molecule has 1 aromatic rings. The van der Waals surface area contributed by atoms with Crippen LogP contribution in [0, 0.1) is 0 Å². The molecule has 152 valence electrons. The number of rotatable bonds is 6. The van der Waals surface area contributed by atoms with E-state index in [9.17, 15) is 16.8 Å². The maximum absolute atomic E-state index is 12.3. The molecule has 0 saturated carbocycles. The van der Waals surface area contributed by atoms with Crippen LogP contribution in [0.25, 0.3) is 0 Å². The summed E-state index contributed by atoms with van der Waals surface area (Å²) in [4.78, 5) is 6.78. The van der Waals surface area contributed by atoms with Gasteiger partial charge in [-0.3, -0.25) is 4.99 Å². The molecule has 0 bridgehead atoms. The van der Waals surface area contributed by atoms with Crippen molar-refractivity contribution in [2.24, 2.45) is 4.99 Å². The predicted octanol–water partition coefficient (Wildman–Crippen LogP) is 1.32. The largest absolute Gasteiger partial charge is 0.357 e. The van der Waals surface area contributed by atoms with Crippen LogP contribution >= 0.6 is 0 Å². The maximum atomic E-state index is 12.3. The molecule has 0 atom stereocenters. The minimum absolute atomic E-state index is 0.0276. The lowest BCUT2D eigenvalue weighted by atomic mass is 10.2. The molecular formula is C18H29N3O4S2. The smallest absolute Gasteiger partial charge is 0.193 e. The third-order valence-corrected chi connectivity index (χ3v) is 8.96. The fraction of sp³-hybridized carbons (Fsp3) is 0.611. The molecule has 7 nitrogen and oxygen atoms in total. The van der Waals surface area contributed by atoms with Crippen molar-refractivity contribution < 1.29 is 16.8 Å². The monoisotopic (exact) mass is 415 g/mol. The fourth-order valence-corrected chi connectivity index (χ4v) is 5.62. The number of hydrogen-bond donors (Lipinski definition) is 1. The molecule has 1 aromatic carbocycles. The van der Waals surface area contributed by atoms with Gasteiger partial charge in [-0.25, -0.2) is 16.8 Å². The van der Waals surface area contributed by atoms with E-state index in [1.165, 1.54) is 0 Å². The molecule has 1 saturated heterocycles. The topological polar surface area (TPSA) is 95.9 Å². The summed E-state index contributed by atoms with van der Waals surface area (Å²) >= 11 is 0. The summed E-state index contributed by atoms with van der Waals surface area (Å²) in [5, 5.41) is 3.18. The number of hydrogen-bond acceptors (Lipinski definition) is 5. The van der Waals surface area contributed by atoms with Gasteiger partial charge in [-0.05, 0) is 39.3 Å². The molecule has 1 fully saturated rings. The van der Waals surface area contributed by atoms with E-state index in [1.54, 1.807) is 44.2 Å². The standard InChI is InChI=1S/C18H29N3O4S2/c1-4-19-17(21-12-14-27(24,25)18(2,3)15-21)20-11-8-13-26(22,23)16-9-6-5-7-10-16/h5-7,9-10H,4,8,11-15H2,1-3H3,(H,19,20). The average molecular weight is 416 g/mol. The minimum atomic E-state index is -3.31. The molecule has 0 unspecified atom stereocenters. The Bertz CT molecular complexity index is 863. The summed E-state index contributed by atoms with van der Waals surface area (Å²) < 4.78 is 48.2. The van der Waals surface area contributed by atoms with Crippen LogP contribution in [0.5, 0.6) is 0 Å². The van der Waals surface area contributed by atoms with Crippen LogP contribution in [0.4, 0.5) is 0 Å². The summed E-state index contributed by atoms with van der Waals surface area (Å²) in [7, 11) is -6.43. The van der Waals surface area contributed by atoms with Crippen molar-refractivity contribution in [1.82, 2.24) is 10.2 Å². The van der Waals surface area contributed by atoms with Crippen LogP contribution in [0.15, 0.2) is 40.2 Å². The van der Waals surface area contributed by atoms with E-state index in [2.05, 4.69) is 10.3 Å². The fourth-order valence-electron chi connectivity index (χ4n) is 2.94. The quantitative estimate of drug-likeness (QED) is 0.428. The van der Waals surface area contributed by atoms with Gasteiger partial charge in [0.1, 0.15) is 0 Å². The molecule has 1 N–H and O–H groups in total. The van der Waals surface area contributed by atoms with E-state index >= 15 is 0 Å². The normalized spacial score (nSPS) is 19.7. The SMILES string of the molecule is CCNC(=NCCCS(=O)(=O)c1ccccc1)N1CCS(=O)(=O)C(C)(C)C1. The predicted molar refractivity (Wildman–Crippen MR) is 109 cm³/mol. The number of guanidine groups is 1. The molecule has 9 heteroatoms. The maximum Gasteiger partial charge on any atom is 0.193 e. The van der Waals surface area contributed by atoms with Crippen LogP contribution in [0.2, 0.25) is 0 Å². The molecular weight excluding hydrogens is 386 g/mol. The second-order valence-electron chi connectivity index (χ2n) is 7.22. The first-order valence-corrected chi connectivity index (χ1v) is 12.4. The van der Waals surface area contributed by atoms with Gasteiger partial charge in [0, 0.05) is 26.2 Å². The van der Waals surface area contributed by atoms with E-state index in [-0.39, 0.29) is 11.5 Å². The van der Waals surface area contributed by atoms with Crippen molar-refractivity contribution in [1.29, 1.82) is 0 Å². The van der Waals surface area contributed by atoms with Crippen molar-refractivity contribution in [3.05, 3.63) is 30.3 Å². The van der Waals surface area contributed by atoms with Gasteiger partial charge < -0.3 is 10.2 Å². The molecule has 0 aliphatic carbocycles. The Hall–Kier alpha value is -1.61. The highest BCUT2D eigenvalue weighted by molar-refractivity contribution is 7.92. The van der Waals surface area contributed by atoms with Crippen LogP contribution in [0.3, 0.4) is 0 Å². The van der Waals surface area contributed by atoms with Crippen molar-refractivity contribution in [3.8, 4) is 0 Å². The molecule has 0 amide bonds. The number of nitrogens with one attached hydrogen (secondary N) is 1. The van der Waals surface area contributed by atoms with E-state index in [0.29, 0.717) is 43.5 Å². The van der Waals surface area contributed by atoms with E-state index in [0.717, 1.165) is 0 Å². The number of aliphatic imine (C=N–C) groups is 1. The highest BCUT2D eigenvalue weighted by atomic mass is 32.2. The second kappa shape index (κ2) is 8.60. The highest BCUT2D eigenvalue weighted by Crippen LogP contribution is 2.23. The molecule has 0 radical (unpaired) electrons. The van der Waals surface area contributed by atoms with Crippen molar-refractivity contribution >= 4 is 25.6 Å². The second-order valence-corrected chi connectivity index (χ2v) is 12.1. The minimum Gasteiger partial charge on any atom is -0.357 e. The van der Waals surface area contributed by atoms with Crippen LogP contribution in [-0.2, 0) is 19.7 Å². The Morgan fingerprint density at radius 2 is 1.93 bits per heavy atom. The molecule has 0 spiro atoms. The molecule has 1 heterocycles. The lowest BCUT2D eigenvalue weighted by Gasteiger charge is -2.39. The zero-order valence-corrected chi connectivity index (χ0v) is 17.8. The summed E-state index contributed by atoms with van der Waals surface area (Å²) in [6.45, 7) is 7.17. The summed E-state index contributed by atoms with van der Waals surface area (Å²) in [5.41, 5.74) is 0. The lowest BCUT2D eigenvalue weighted by molar-refractivity contribution is 0.353. The van der Waals surface area contributed by atoms with Crippen molar-refractivity contribution in [2.75, 3.05) is 37.7 Å². The van der Waals surface area contributed by atoms with E-state index < -0.39 is 24.4 Å². The van der Waals surface area contributed by atoms with Gasteiger partial charge in [-0.15, -0.1) is 0 Å². The first kappa shape index (κ1) is 21.7. The van der Waals surface area contributed by atoms with Gasteiger partial charge in [0.05, 0.1) is 21.1 Å². The molecule has 0 aromatic heterocycles. The Morgan fingerprint density at radius 3 is 2.52 bits per heavy atom. The van der Waals surface area contributed by atoms with Gasteiger partial charge in [0.15, 0.2) is 25.6 Å². The van der Waals surface area contributed by atoms with Gasteiger partial charge >= 0.3 is 0 Å². The van der Waals surface area contributed by atoms with Crippen LogP contribution in [0.1, 0.15) is 27.2 Å². The number of benzene rings is 1. The zero-order valence-electron chi connectivity index (χ0n) is 16.2. The molecule has 1 aliphatic rings. The van der Waals surface area contributed by atoms with Crippen LogP contribution in [-0.4, -0.2) is 70.1 Å². The molecule has 1 aliphatic heterocycles. The Morgan fingerprint density at radius 1 is 1.26 bits per heavy atom. The first-order valence-electron chi connectivity index (χ1n) is 9.12. The van der Waals surface area contributed by atoms with Gasteiger partial charge in [0.2, 0.25) is 0 Å². The van der Waals surface area contributed by atoms with Gasteiger partial charge in [-0.1, -0.05) is 18.2 Å². The molecule has 27 heavy (non-hydrogen) atoms. The third-order valence-electron chi connectivity index (χ3n) is 4.61. The van der Waals surface area contributed by atoms with Crippen molar-refractivity contribution in [2.45, 2.75) is 36.8 Å².